The number of nitrogens with zero attached hydrogens (tertiary/aromatic N) is 2. The highest BCUT2D eigenvalue weighted by Crippen LogP contribution is 2.52. The zero-order valence-corrected chi connectivity index (χ0v) is 18.1. The summed E-state index contributed by atoms with van der Waals surface area (Å²) in [5, 5.41) is 0.422. The number of para-hydroxylation sites is 1. The molecule has 0 N–H and O–H groups in total. The summed E-state index contributed by atoms with van der Waals surface area (Å²) >= 11 is 6.29. The first kappa shape index (κ1) is 20.7. The van der Waals surface area contributed by atoms with Gasteiger partial charge in [0.25, 0.3) is 10.8 Å². The van der Waals surface area contributed by atoms with Gasteiger partial charge in [0, 0.05) is 16.3 Å². The summed E-state index contributed by atoms with van der Waals surface area (Å²) in [6.45, 7) is 0.0119. The summed E-state index contributed by atoms with van der Waals surface area (Å²) in [5.41, 5.74) is 1.14. The van der Waals surface area contributed by atoms with Crippen LogP contribution in [0.1, 0.15) is 11.1 Å². The number of amides is 2. The number of fused-ring (bicyclic) bond motifs is 2. The fraction of sp³-hybridized carbons (Fsp3) is 0.130. The molecule has 9 heteroatoms. The van der Waals surface area contributed by atoms with E-state index in [0.29, 0.717) is 16.3 Å². The third-order valence-electron chi connectivity index (χ3n) is 5.78. The Kier molecular flexibility index (Phi) is 4.61. The number of halogens is 2. The molecule has 0 radical (unpaired) electrons. The quantitative estimate of drug-likeness (QED) is 0.585. The number of anilines is 2. The molecule has 1 atom stereocenters. The number of sulfone groups is 1. The van der Waals surface area contributed by atoms with Crippen molar-refractivity contribution in [1.29, 1.82) is 0 Å². The van der Waals surface area contributed by atoms with Gasteiger partial charge in [-0.25, -0.2) is 12.8 Å². The highest BCUT2D eigenvalue weighted by atomic mass is 35.5. The van der Waals surface area contributed by atoms with Crippen LogP contribution in [-0.4, -0.2) is 26.0 Å². The topological polar surface area (TPSA) is 74.8 Å². The van der Waals surface area contributed by atoms with E-state index in [9.17, 15) is 22.4 Å². The first-order valence-corrected chi connectivity index (χ1v) is 11.8. The maximum Gasteiger partial charge on any atom is 0.274 e. The SMILES string of the molecule is O=C1CS(=O)(=O)[C@@]2(C(=O)N(Cc3ccccc3Cl)c3ccccc32)N1c1cccc(F)c1. The monoisotopic (exact) mass is 470 g/mol. The van der Waals surface area contributed by atoms with E-state index in [1.54, 1.807) is 42.5 Å². The first-order chi connectivity index (χ1) is 15.3. The van der Waals surface area contributed by atoms with Gasteiger partial charge in [-0.2, -0.15) is 0 Å². The van der Waals surface area contributed by atoms with E-state index in [-0.39, 0.29) is 17.8 Å². The lowest BCUT2D eigenvalue weighted by molar-refractivity contribution is -0.123. The Labute approximate surface area is 188 Å². The van der Waals surface area contributed by atoms with E-state index < -0.39 is 38.1 Å². The molecule has 2 aliphatic heterocycles. The van der Waals surface area contributed by atoms with Crippen LogP contribution in [0.15, 0.2) is 72.8 Å². The summed E-state index contributed by atoms with van der Waals surface area (Å²) in [5.74, 6) is -3.10. The van der Waals surface area contributed by atoms with Crippen molar-refractivity contribution < 1.29 is 22.4 Å². The maximum absolute atomic E-state index is 14.0. The van der Waals surface area contributed by atoms with Crippen LogP contribution >= 0.6 is 11.6 Å². The van der Waals surface area contributed by atoms with Gasteiger partial charge in [-0.1, -0.05) is 54.1 Å². The molecule has 32 heavy (non-hydrogen) atoms. The number of rotatable bonds is 3. The van der Waals surface area contributed by atoms with Gasteiger partial charge >= 0.3 is 0 Å². The summed E-state index contributed by atoms with van der Waals surface area (Å²) in [6.07, 6.45) is 0. The average Bonchev–Trinajstić information content (AvgIpc) is 3.12. The van der Waals surface area contributed by atoms with Crippen molar-refractivity contribution >= 4 is 44.6 Å². The van der Waals surface area contributed by atoms with Crippen molar-refractivity contribution in [1.82, 2.24) is 0 Å². The van der Waals surface area contributed by atoms with Gasteiger partial charge in [0.05, 0.1) is 12.2 Å². The number of carbonyl (C=O) groups is 2. The molecule has 0 unspecified atom stereocenters. The molecule has 2 aliphatic rings. The molecule has 1 fully saturated rings. The molecule has 6 nitrogen and oxygen atoms in total. The third kappa shape index (κ3) is 2.73. The molecule has 2 heterocycles. The minimum atomic E-state index is -4.31. The van der Waals surface area contributed by atoms with Gasteiger partial charge in [-0.05, 0) is 35.9 Å². The average molecular weight is 471 g/mol. The van der Waals surface area contributed by atoms with Gasteiger partial charge in [0.15, 0.2) is 9.84 Å². The second kappa shape index (κ2) is 7.15. The van der Waals surface area contributed by atoms with E-state index in [1.165, 1.54) is 29.2 Å². The Balaban J connectivity index is 1.76. The Morgan fingerprint density at radius 1 is 0.969 bits per heavy atom. The molecule has 0 bridgehead atoms. The van der Waals surface area contributed by atoms with Gasteiger partial charge in [0.2, 0.25) is 5.91 Å². The Bertz CT molecular complexity index is 1390. The molecular formula is C23H16ClFN2O4S. The van der Waals surface area contributed by atoms with Gasteiger partial charge in [0.1, 0.15) is 11.6 Å². The highest BCUT2D eigenvalue weighted by Gasteiger charge is 2.69. The summed E-state index contributed by atoms with van der Waals surface area (Å²) in [6, 6.07) is 18.4. The van der Waals surface area contributed by atoms with E-state index in [1.807, 2.05) is 0 Å². The standard InChI is InChI=1S/C23H16ClFN2O4S/c24-19-10-3-1-6-15(19)13-26-20-11-4-2-9-18(20)23(22(26)29)27(21(28)14-32(23,30)31)17-8-5-7-16(25)12-17/h1-12H,13-14H2/t23-/m0/s1. The van der Waals surface area contributed by atoms with Crippen LogP contribution in [0, 0.1) is 5.82 Å². The molecule has 0 saturated carbocycles. The van der Waals surface area contributed by atoms with Gasteiger partial charge < -0.3 is 4.90 Å². The van der Waals surface area contributed by atoms with Crippen molar-refractivity contribution in [3.8, 4) is 0 Å². The fourth-order valence-electron chi connectivity index (χ4n) is 4.46. The molecule has 1 saturated heterocycles. The predicted octanol–water partition coefficient (Wildman–Crippen LogP) is 3.64. The van der Waals surface area contributed by atoms with E-state index in [4.69, 9.17) is 11.6 Å². The van der Waals surface area contributed by atoms with Crippen LogP contribution < -0.4 is 9.80 Å². The molecule has 5 rings (SSSR count). The summed E-state index contributed by atoms with van der Waals surface area (Å²) < 4.78 is 41.0. The molecule has 0 aliphatic carbocycles. The Hall–Kier alpha value is -3.23. The number of hydrogen-bond acceptors (Lipinski definition) is 4. The Morgan fingerprint density at radius 3 is 2.44 bits per heavy atom. The predicted molar refractivity (Wildman–Crippen MR) is 118 cm³/mol. The zero-order chi connectivity index (χ0) is 22.7. The van der Waals surface area contributed by atoms with Crippen LogP contribution in [0.4, 0.5) is 15.8 Å². The van der Waals surface area contributed by atoms with Crippen LogP contribution in [0.25, 0.3) is 0 Å². The van der Waals surface area contributed by atoms with Gasteiger partial charge in [-0.15, -0.1) is 0 Å². The minimum absolute atomic E-state index is 0.00109. The third-order valence-corrected chi connectivity index (χ3v) is 8.25. The minimum Gasteiger partial charge on any atom is -0.304 e. The molecule has 2 amide bonds. The molecule has 3 aromatic carbocycles. The van der Waals surface area contributed by atoms with Crippen LogP contribution in [-0.2, 0) is 30.8 Å². The summed E-state index contributed by atoms with van der Waals surface area (Å²) in [4.78, 5) is 26.8. The second-order valence-corrected chi connectivity index (χ2v) is 10.1. The van der Waals surface area contributed by atoms with Crippen molar-refractivity contribution in [2.45, 2.75) is 11.4 Å². The van der Waals surface area contributed by atoms with Crippen molar-refractivity contribution in [2.75, 3.05) is 15.6 Å². The molecule has 1 spiro atoms. The van der Waals surface area contributed by atoms with E-state index >= 15 is 0 Å². The number of benzene rings is 3. The zero-order valence-electron chi connectivity index (χ0n) is 16.5. The van der Waals surface area contributed by atoms with E-state index in [2.05, 4.69) is 0 Å². The number of hydrogen-bond donors (Lipinski definition) is 0. The molecule has 3 aromatic rings. The number of carbonyl (C=O) groups excluding carboxylic acids is 2. The normalized spacial score (nSPS) is 21.4. The molecule has 162 valence electrons. The first-order valence-electron chi connectivity index (χ1n) is 9.73. The fourth-order valence-corrected chi connectivity index (χ4v) is 6.69. The molecular weight excluding hydrogens is 455 g/mol. The van der Waals surface area contributed by atoms with Crippen LogP contribution in [0.3, 0.4) is 0 Å². The van der Waals surface area contributed by atoms with Crippen molar-refractivity contribution in [3.05, 3.63) is 94.8 Å². The lowest BCUT2D eigenvalue weighted by Crippen LogP contribution is -2.54. The second-order valence-electron chi connectivity index (χ2n) is 7.61. The Morgan fingerprint density at radius 2 is 1.69 bits per heavy atom. The lowest BCUT2D eigenvalue weighted by Gasteiger charge is -2.32. The van der Waals surface area contributed by atoms with Crippen LogP contribution in [0.2, 0.25) is 5.02 Å². The maximum atomic E-state index is 14.0. The lowest BCUT2D eigenvalue weighted by atomic mass is 10.0. The van der Waals surface area contributed by atoms with Gasteiger partial charge in [-0.3, -0.25) is 14.5 Å². The largest absolute Gasteiger partial charge is 0.304 e. The molecule has 0 aromatic heterocycles. The van der Waals surface area contributed by atoms with Crippen molar-refractivity contribution in [3.63, 3.8) is 0 Å². The van der Waals surface area contributed by atoms with E-state index in [0.717, 1.165) is 11.0 Å². The van der Waals surface area contributed by atoms with Crippen molar-refractivity contribution in [2.24, 2.45) is 0 Å². The highest BCUT2D eigenvalue weighted by molar-refractivity contribution is 7.94. The van der Waals surface area contributed by atoms with Crippen LogP contribution in [0.5, 0.6) is 0 Å². The smallest absolute Gasteiger partial charge is 0.274 e. The summed E-state index contributed by atoms with van der Waals surface area (Å²) in [7, 11) is -4.31.